The number of carbonyl (C=O) groups is 4. The van der Waals surface area contributed by atoms with Gasteiger partial charge in [-0.15, -0.1) is 0 Å². The molecule has 1 amide bonds. The van der Waals surface area contributed by atoms with Crippen molar-refractivity contribution in [3.63, 3.8) is 0 Å². The van der Waals surface area contributed by atoms with Gasteiger partial charge in [0.25, 0.3) is 0 Å². The summed E-state index contributed by atoms with van der Waals surface area (Å²) < 4.78 is 28.0. The van der Waals surface area contributed by atoms with Gasteiger partial charge < -0.3 is 29.0 Å². The summed E-state index contributed by atoms with van der Waals surface area (Å²) in [5, 5.41) is 4.58. The molecule has 10 nitrogen and oxygen atoms in total. The van der Waals surface area contributed by atoms with Crippen LogP contribution in [0.5, 0.6) is 5.75 Å². The maximum absolute atomic E-state index is 12.0. The molecule has 0 bridgehead atoms. The quantitative estimate of drug-likeness (QED) is 0.474. The molecule has 0 spiro atoms. The van der Waals surface area contributed by atoms with E-state index in [0.29, 0.717) is 5.75 Å². The minimum absolute atomic E-state index is 0.296. The Morgan fingerprint density at radius 2 is 1.50 bits per heavy atom. The van der Waals surface area contributed by atoms with Crippen LogP contribution in [0.15, 0.2) is 42.5 Å². The highest BCUT2D eigenvalue weighted by Crippen LogP contribution is 2.30. The van der Waals surface area contributed by atoms with Gasteiger partial charge in [-0.2, -0.15) is 0 Å². The van der Waals surface area contributed by atoms with Gasteiger partial charge in [0.1, 0.15) is 24.5 Å². The van der Waals surface area contributed by atoms with Crippen LogP contribution in [0, 0.1) is 0 Å². The summed E-state index contributed by atoms with van der Waals surface area (Å²) in [6.45, 7) is 4.57. The third kappa shape index (κ3) is 6.44. The second-order valence-corrected chi connectivity index (χ2v) is 7.85. The summed E-state index contributed by atoms with van der Waals surface area (Å²) in [6, 6.07) is 12.0. The van der Waals surface area contributed by atoms with Gasteiger partial charge in [0, 0.05) is 27.7 Å². The molecule has 5 atom stereocenters. The van der Waals surface area contributed by atoms with Crippen LogP contribution in [-0.2, 0) is 38.1 Å². The Kier molecular flexibility index (Phi) is 8.06. The predicted octanol–water partition coefficient (Wildman–Crippen LogP) is 1.87. The van der Waals surface area contributed by atoms with Gasteiger partial charge in [-0.25, -0.2) is 0 Å². The zero-order valence-electron chi connectivity index (χ0n) is 19.3. The van der Waals surface area contributed by atoms with Crippen molar-refractivity contribution in [2.75, 3.05) is 6.61 Å². The Hall–Kier alpha value is -3.66. The zero-order valence-corrected chi connectivity index (χ0v) is 19.3. The van der Waals surface area contributed by atoms with Crippen molar-refractivity contribution < 1.29 is 42.9 Å². The van der Waals surface area contributed by atoms with Crippen LogP contribution in [0.25, 0.3) is 10.8 Å². The van der Waals surface area contributed by atoms with Crippen LogP contribution in [0.1, 0.15) is 27.7 Å². The molecule has 0 aromatic heterocycles. The SMILES string of the molecule is CC(=O)N[C@@H]1[C@H](Oc2ccc3ccccc3c2)O[C@H](COC(C)=O)[C@@H](OC(C)=O)[C@H]1OC(C)=O. The number of carbonyl (C=O) groups excluding carboxylic acids is 4. The molecule has 1 fully saturated rings. The molecule has 182 valence electrons. The molecule has 2 aromatic carbocycles. The number of benzene rings is 2. The topological polar surface area (TPSA) is 126 Å². The average molecular weight is 473 g/mol. The van der Waals surface area contributed by atoms with Crippen LogP contribution >= 0.6 is 0 Å². The second-order valence-electron chi connectivity index (χ2n) is 7.85. The first-order chi connectivity index (χ1) is 16.1. The number of esters is 3. The molecule has 1 aliphatic rings. The van der Waals surface area contributed by atoms with Crippen LogP contribution in [0.2, 0.25) is 0 Å². The minimum Gasteiger partial charge on any atom is -0.463 e. The molecule has 1 aliphatic heterocycles. The van der Waals surface area contributed by atoms with E-state index in [1.165, 1.54) is 27.7 Å². The molecule has 3 rings (SSSR count). The smallest absolute Gasteiger partial charge is 0.303 e. The van der Waals surface area contributed by atoms with Crippen molar-refractivity contribution in [3.8, 4) is 5.75 Å². The van der Waals surface area contributed by atoms with Crippen molar-refractivity contribution in [3.05, 3.63) is 42.5 Å². The molecular formula is C24H27NO9. The number of nitrogens with one attached hydrogen (secondary N) is 1. The average Bonchev–Trinajstić information content (AvgIpc) is 2.75. The number of hydrogen-bond acceptors (Lipinski definition) is 9. The first kappa shape index (κ1) is 25.0. The van der Waals surface area contributed by atoms with Crippen molar-refractivity contribution in [2.45, 2.75) is 58.3 Å². The van der Waals surface area contributed by atoms with Gasteiger partial charge in [0.15, 0.2) is 12.2 Å². The van der Waals surface area contributed by atoms with Crippen LogP contribution in [0.3, 0.4) is 0 Å². The Bertz CT molecular complexity index is 1070. The fourth-order valence-corrected chi connectivity index (χ4v) is 3.77. The highest BCUT2D eigenvalue weighted by molar-refractivity contribution is 5.83. The number of ether oxygens (including phenoxy) is 5. The van der Waals surface area contributed by atoms with E-state index in [1.807, 2.05) is 30.3 Å². The van der Waals surface area contributed by atoms with E-state index >= 15 is 0 Å². The number of fused-ring (bicyclic) bond motifs is 1. The van der Waals surface area contributed by atoms with E-state index in [1.54, 1.807) is 12.1 Å². The molecular weight excluding hydrogens is 446 g/mol. The zero-order chi connectivity index (χ0) is 24.8. The summed E-state index contributed by atoms with van der Waals surface area (Å²) in [5.41, 5.74) is 0. The molecule has 2 aromatic rings. The van der Waals surface area contributed by atoms with Gasteiger partial charge >= 0.3 is 17.9 Å². The highest BCUT2D eigenvalue weighted by Gasteiger charge is 2.51. The van der Waals surface area contributed by atoms with Gasteiger partial charge in [-0.05, 0) is 22.9 Å². The normalized spacial score (nSPS) is 24.1. The van der Waals surface area contributed by atoms with Crippen molar-refractivity contribution >= 4 is 34.6 Å². The molecule has 1 saturated heterocycles. The van der Waals surface area contributed by atoms with E-state index in [4.69, 9.17) is 23.7 Å². The summed E-state index contributed by atoms with van der Waals surface area (Å²) in [4.78, 5) is 47.1. The Morgan fingerprint density at radius 3 is 2.12 bits per heavy atom. The molecule has 0 aliphatic carbocycles. The van der Waals surface area contributed by atoms with E-state index in [-0.39, 0.29) is 6.61 Å². The lowest BCUT2D eigenvalue weighted by molar-refractivity contribution is -0.257. The molecule has 0 unspecified atom stereocenters. The van der Waals surface area contributed by atoms with Crippen LogP contribution < -0.4 is 10.1 Å². The Balaban J connectivity index is 1.98. The number of rotatable bonds is 7. The fourth-order valence-electron chi connectivity index (χ4n) is 3.77. The standard InChI is InChI=1S/C24H27NO9/c1-13(26)25-21-23(32-16(4)29)22(31-15(3)28)20(12-30-14(2)27)34-24(21)33-19-10-9-17-7-5-6-8-18(17)11-19/h5-11,20-24H,12H2,1-4H3,(H,25,26)/t20-,21+,22-,23+,24-/m1/s1. The maximum atomic E-state index is 12.0. The summed E-state index contributed by atoms with van der Waals surface area (Å²) in [5.74, 6) is -1.94. The molecule has 10 heteroatoms. The summed E-state index contributed by atoms with van der Waals surface area (Å²) >= 11 is 0. The summed E-state index contributed by atoms with van der Waals surface area (Å²) in [6.07, 6.45) is -4.55. The minimum atomic E-state index is -1.18. The van der Waals surface area contributed by atoms with E-state index in [2.05, 4.69) is 5.32 Å². The lowest BCUT2D eigenvalue weighted by Gasteiger charge is -2.44. The molecule has 0 radical (unpaired) electrons. The monoisotopic (exact) mass is 473 g/mol. The highest BCUT2D eigenvalue weighted by atomic mass is 16.7. The van der Waals surface area contributed by atoms with Crippen molar-refractivity contribution in [1.82, 2.24) is 5.32 Å². The van der Waals surface area contributed by atoms with Crippen LogP contribution in [0.4, 0.5) is 0 Å². The Morgan fingerprint density at radius 1 is 0.853 bits per heavy atom. The predicted molar refractivity (Wildman–Crippen MR) is 119 cm³/mol. The number of amides is 1. The van der Waals surface area contributed by atoms with Crippen molar-refractivity contribution in [1.29, 1.82) is 0 Å². The third-order valence-corrected chi connectivity index (χ3v) is 5.04. The second kappa shape index (κ2) is 11.0. The van der Waals surface area contributed by atoms with Gasteiger partial charge in [0.05, 0.1) is 0 Å². The molecule has 1 N–H and O–H groups in total. The van der Waals surface area contributed by atoms with E-state index in [0.717, 1.165) is 10.8 Å². The van der Waals surface area contributed by atoms with Crippen molar-refractivity contribution in [2.24, 2.45) is 0 Å². The van der Waals surface area contributed by atoms with Gasteiger partial charge in [-0.1, -0.05) is 30.3 Å². The van der Waals surface area contributed by atoms with Crippen LogP contribution in [-0.4, -0.2) is 61.1 Å². The summed E-state index contributed by atoms with van der Waals surface area (Å²) in [7, 11) is 0. The van der Waals surface area contributed by atoms with Gasteiger partial charge in [0.2, 0.25) is 12.2 Å². The lowest BCUT2D eigenvalue weighted by atomic mass is 9.96. The first-order valence-electron chi connectivity index (χ1n) is 10.7. The van der Waals surface area contributed by atoms with E-state index < -0.39 is 54.5 Å². The van der Waals surface area contributed by atoms with E-state index in [9.17, 15) is 19.2 Å². The fraction of sp³-hybridized carbons (Fsp3) is 0.417. The maximum Gasteiger partial charge on any atom is 0.303 e. The first-order valence-corrected chi connectivity index (χ1v) is 10.7. The molecule has 0 saturated carbocycles. The Labute approximate surface area is 196 Å². The largest absolute Gasteiger partial charge is 0.463 e. The lowest BCUT2D eigenvalue weighted by Crippen LogP contribution is -2.67. The van der Waals surface area contributed by atoms with Gasteiger partial charge in [-0.3, -0.25) is 19.2 Å². The molecule has 1 heterocycles. The molecule has 34 heavy (non-hydrogen) atoms. The number of hydrogen-bond donors (Lipinski definition) is 1. The third-order valence-electron chi connectivity index (χ3n) is 5.04.